The third-order valence-corrected chi connectivity index (χ3v) is 3.05. The Morgan fingerprint density at radius 3 is 2.87 bits per heavy atom. The fourth-order valence-electron chi connectivity index (χ4n) is 2.00. The van der Waals surface area contributed by atoms with E-state index in [2.05, 4.69) is 12.1 Å². The number of nitrogens with one attached hydrogen (secondary N) is 1. The summed E-state index contributed by atoms with van der Waals surface area (Å²) in [5, 5.41) is 9.63. The zero-order chi connectivity index (χ0) is 10.7. The summed E-state index contributed by atoms with van der Waals surface area (Å²) in [5.41, 5.74) is 2.98. The van der Waals surface area contributed by atoms with Crippen molar-refractivity contribution < 1.29 is 0 Å². The molecule has 2 heteroatoms. The Morgan fingerprint density at radius 2 is 2.13 bits per heavy atom. The van der Waals surface area contributed by atoms with Crippen LogP contribution in [-0.4, -0.2) is 11.1 Å². The molecule has 1 aliphatic carbocycles. The van der Waals surface area contributed by atoms with E-state index in [-0.39, 0.29) is 5.92 Å². The molecule has 0 radical (unpaired) electrons. The minimum absolute atomic E-state index is 0.227. The lowest BCUT2D eigenvalue weighted by atomic mass is 9.84. The van der Waals surface area contributed by atoms with Crippen LogP contribution in [0.2, 0.25) is 0 Å². The topological polar surface area (TPSA) is 23.9 Å². The Hall–Kier alpha value is -1.28. The maximum Gasteiger partial charge on any atom is 0.0385 e. The molecule has 0 heterocycles. The van der Waals surface area contributed by atoms with E-state index in [1.54, 1.807) is 5.37 Å². The molecule has 0 saturated carbocycles. The first-order valence-corrected chi connectivity index (χ1v) is 5.59. The molecule has 0 amide bonds. The van der Waals surface area contributed by atoms with Gasteiger partial charge in [0.25, 0.3) is 0 Å². The third kappa shape index (κ3) is 2.05. The molecule has 1 nitrogen and oxygen atoms in total. The van der Waals surface area contributed by atoms with E-state index >= 15 is 0 Å². The summed E-state index contributed by atoms with van der Waals surface area (Å²) >= 11 is 5.00. The molecule has 0 aromatic heterocycles. The van der Waals surface area contributed by atoms with E-state index in [0.29, 0.717) is 5.71 Å². The largest absolute Gasteiger partial charge is 0.305 e. The highest BCUT2D eigenvalue weighted by Gasteiger charge is 2.19. The molecule has 1 atom stereocenters. The Morgan fingerprint density at radius 1 is 1.33 bits per heavy atom. The van der Waals surface area contributed by atoms with Crippen molar-refractivity contribution in [1.29, 1.82) is 5.41 Å². The predicted octanol–water partition coefficient (Wildman–Crippen LogP) is 3.49. The van der Waals surface area contributed by atoms with Crippen molar-refractivity contribution in [2.75, 3.05) is 0 Å². The van der Waals surface area contributed by atoms with Gasteiger partial charge in [0, 0.05) is 17.0 Å². The molecular weight excluding hydrogens is 202 g/mol. The Bertz CT molecular complexity index is 420. The second-order valence-electron chi connectivity index (χ2n) is 3.73. The second kappa shape index (κ2) is 4.49. The van der Waals surface area contributed by atoms with Gasteiger partial charge >= 0.3 is 0 Å². The zero-order valence-electron chi connectivity index (χ0n) is 8.44. The first-order chi connectivity index (χ1) is 7.33. The minimum atomic E-state index is 0.227. The van der Waals surface area contributed by atoms with Crippen LogP contribution in [0.25, 0.3) is 0 Å². The van der Waals surface area contributed by atoms with Crippen molar-refractivity contribution >= 4 is 23.3 Å². The Kier molecular flexibility index (Phi) is 3.07. The van der Waals surface area contributed by atoms with Crippen LogP contribution in [0, 0.1) is 5.41 Å². The van der Waals surface area contributed by atoms with Gasteiger partial charge in [-0.15, -0.1) is 0 Å². The average molecular weight is 215 g/mol. The number of hydrogen-bond donors (Lipinski definition) is 1. The normalized spacial score (nSPS) is 20.3. The van der Waals surface area contributed by atoms with Crippen LogP contribution in [-0.2, 0) is 0 Å². The number of hydrogen-bond acceptors (Lipinski definition) is 2. The Balaban J connectivity index is 2.40. The summed E-state index contributed by atoms with van der Waals surface area (Å²) in [4.78, 5) is 0. The first kappa shape index (κ1) is 10.2. The maximum atomic E-state index is 7.92. The minimum Gasteiger partial charge on any atom is -0.305 e. The van der Waals surface area contributed by atoms with Crippen LogP contribution < -0.4 is 0 Å². The van der Waals surface area contributed by atoms with Gasteiger partial charge in [-0.25, -0.2) is 0 Å². The van der Waals surface area contributed by atoms with Crippen molar-refractivity contribution in [2.45, 2.75) is 18.8 Å². The quantitative estimate of drug-likeness (QED) is 0.750. The lowest BCUT2D eigenvalue weighted by molar-refractivity contribution is 0.766. The van der Waals surface area contributed by atoms with Gasteiger partial charge in [-0.3, -0.25) is 0 Å². The van der Waals surface area contributed by atoms with E-state index in [4.69, 9.17) is 17.6 Å². The molecular formula is C13H13NS. The van der Waals surface area contributed by atoms with E-state index in [0.717, 1.165) is 18.4 Å². The van der Waals surface area contributed by atoms with E-state index in [1.165, 1.54) is 5.56 Å². The highest BCUT2D eigenvalue weighted by molar-refractivity contribution is 7.79. The summed E-state index contributed by atoms with van der Waals surface area (Å²) in [6, 6.07) is 8.11. The highest BCUT2D eigenvalue weighted by Crippen LogP contribution is 2.28. The van der Waals surface area contributed by atoms with Crippen molar-refractivity contribution in [3.05, 3.63) is 47.5 Å². The van der Waals surface area contributed by atoms with Crippen molar-refractivity contribution in [3.63, 3.8) is 0 Å². The molecule has 2 rings (SSSR count). The number of thiocarbonyl (C=S) groups is 1. The molecule has 1 unspecified atom stereocenters. The molecule has 1 aromatic carbocycles. The monoisotopic (exact) mass is 215 g/mol. The molecule has 76 valence electrons. The molecule has 1 aromatic rings. The van der Waals surface area contributed by atoms with Crippen LogP contribution in [0.15, 0.2) is 36.4 Å². The maximum absolute atomic E-state index is 7.92. The van der Waals surface area contributed by atoms with Gasteiger partial charge in [0.2, 0.25) is 0 Å². The lowest BCUT2D eigenvalue weighted by Crippen LogP contribution is -2.14. The SMILES string of the molecule is N=C1C=CCCC1c1ccccc1C=S. The summed E-state index contributed by atoms with van der Waals surface area (Å²) < 4.78 is 0. The Labute approximate surface area is 95.3 Å². The molecule has 0 aliphatic heterocycles. The third-order valence-electron chi connectivity index (χ3n) is 2.79. The fraction of sp³-hybridized carbons (Fsp3) is 0.231. The zero-order valence-corrected chi connectivity index (χ0v) is 9.26. The highest BCUT2D eigenvalue weighted by atomic mass is 32.1. The van der Waals surface area contributed by atoms with E-state index in [1.807, 2.05) is 24.3 Å². The van der Waals surface area contributed by atoms with Crippen LogP contribution in [0.5, 0.6) is 0 Å². The van der Waals surface area contributed by atoms with E-state index < -0.39 is 0 Å². The molecule has 1 aliphatic rings. The molecule has 0 fully saturated rings. The molecule has 15 heavy (non-hydrogen) atoms. The summed E-state index contributed by atoms with van der Waals surface area (Å²) in [6.45, 7) is 0. The average Bonchev–Trinajstić information content (AvgIpc) is 2.30. The summed E-state index contributed by atoms with van der Waals surface area (Å²) in [7, 11) is 0. The van der Waals surface area contributed by atoms with Crippen LogP contribution in [0.4, 0.5) is 0 Å². The molecule has 0 saturated heterocycles. The predicted molar refractivity (Wildman–Crippen MR) is 68.0 cm³/mol. The standard InChI is InChI=1S/C13H13NS/c14-13-8-4-3-7-12(13)11-6-2-1-5-10(11)9-15/h1-2,4-6,8-9,12,14H,3,7H2. The summed E-state index contributed by atoms with van der Waals surface area (Å²) in [6.07, 6.45) is 6.06. The van der Waals surface area contributed by atoms with Crippen LogP contribution in [0.1, 0.15) is 29.9 Å². The lowest BCUT2D eigenvalue weighted by Gasteiger charge is -2.20. The molecule has 0 spiro atoms. The van der Waals surface area contributed by atoms with Gasteiger partial charge in [0.05, 0.1) is 0 Å². The van der Waals surface area contributed by atoms with Gasteiger partial charge in [-0.2, -0.15) is 0 Å². The van der Waals surface area contributed by atoms with Gasteiger partial charge in [0.15, 0.2) is 0 Å². The fourth-order valence-corrected chi connectivity index (χ4v) is 2.22. The van der Waals surface area contributed by atoms with Crippen LogP contribution >= 0.6 is 12.2 Å². The number of allylic oxidation sites excluding steroid dienone is 2. The second-order valence-corrected chi connectivity index (χ2v) is 3.97. The first-order valence-electron chi connectivity index (χ1n) is 5.12. The van der Waals surface area contributed by atoms with Gasteiger partial charge in [0.1, 0.15) is 0 Å². The number of rotatable bonds is 2. The van der Waals surface area contributed by atoms with E-state index in [9.17, 15) is 0 Å². The van der Waals surface area contributed by atoms with Crippen molar-refractivity contribution in [2.24, 2.45) is 0 Å². The number of benzene rings is 1. The van der Waals surface area contributed by atoms with Crippen molar-refractivity contribution in [1.82, 2.24) is 0 Å². The smallest absolute Gasteiger partial charge is 0.0385 e. The molecule has 1 N–H and O–H groups in total. The van der Waals surface area contributed by atoms with Crippen LogP contribution in [0.3, 0.4) is 0 Å². The van der Waals surface area contributed by atoms with Gasteiger partial charge in [-0.1, -0.05) is 42.6 Å². The van der Waals surface area contributed by atoms with Crippen molar-refractivity contribution in [3.8, 4) is 0 Å². The summed E-state index contributed by atoms with van der Waals surface area (Å²) in [5.74, 6) is 0.227. The van der Waals surface area contributed by atoms with Gasteiger partial charge in [-0.05, 0) is 30.0 Å². The molecule has 0 bridgehead atoms. The van der Waals surface area contributed by atoms with Gasteiger partial charge < -0.3 is 5.41 Å².